The summed E-state index contributed by atoms with van der Waals surface area (Å²) in [5, 5.41) is 8.95. The number of hydrogen-bond acceptors (Lipinski definition) is 7. The van der Waals surface area contributed by atoms with E-state index in [-0.39, 0.29) is 23.0 Å². The highest BCUT2D eigenvalue weighted by molar-refractivity contribution is 5.78. The third kappa shape index (κ3) is 3.07. The molecule has 2 aromatic rings. The molecular weight excluding hydrogens is 343 g/mol. The number of rotatable bonds is 3. The van der Waals surface area contributed by atoms with Gasteiger partial charge in [0, 0.05) is 26.3 Å². The van der Waals surface area contributed by atoms with Crippen LogP contribution >= 0.6 is 0 Å². The van der Waals surface area contributed by atoms with Crippen LogP contribution in [0, 0.1) is 0 Å². The highest BCUT2D eigenvalue weighted by Gasteiger charge is 2.35. The van der Waals surface area contributed by atoms with E-state index in [0.29, 0.717) is 25.1 Å². The first-order chi connectivity index (χ1) is 11.7. The van der Waals surface area contributed by atoms with E-state index in [9.17, 15) is 18.0 Å². The molecule has 0 atom stereocenters. The summed E-state index contributed by atoms with van der Waals surface area (Å²) >= 11 is 0. The monoisotopic (exact) mass is 357 g/mol. The summed E-state index contributed by atoms with van der Waals surface area (Å²) in [7, 11) is 1.46. The summed E-state index contributed by atoms with van der Waals surface area (Å²) in [6, 6.07) is 0.623. The average Bonchev–Trinajstić information content (AvgIpc) is 2.51. The topological polar surface area (TPSA) is 120 Å². The molecule has 0 spiro atoms. The molecule has 2 aromatic heterocycles. The molecule has 3 heterocycles. The van der Waals surface area contributed by atoms with Gasteiger partial charge in [-0.2, -0.15) is 13.2 Å². The Morgan fingerprint density at radius 2 is 2.12 bits per heavy atom. The first-order valence-corrected chi connectivity index (χ1v) is 7.13. The molecule has 25 heavy (non-hydrogen) atoms. The van der Waals surface area contributed by atoms with Gasteiger partial charge in [-0.25, -0.2) is 25.6 Å². The van der Waals surface area contributed by atoms with E-state index in [1.54, 1.807) is 4.90 Å². The van der Waals surface area contributed by atoms with E-state index < -0.39 is 17.8 Å². The number of nitrogen functional groups attached to an aromatic ring is 1. The first kappa shape index (κ1) is 17.0. The molecule has 1 aliphatic rings. The number of anilines is 2. The molecule has 4 N–H and O–H groups in total. The second-order valence-corrected chi connectivity index (χ2v) is 5.56. The highest BCUT2D eigenvalue weighted by Crippen LogP contribution is 2.32. The Kier molecular flexibility index (Phi) is 3.99. The van der Waals surface area contributed by atoms with Gasteiger partial charge in [-0.1, -0.05) is 0 Å². The minimum absolute atomic E-state index is 0.0389. The minimum atomic E-state index is -4.54. The number of nitrogens with zero attached hydrogens (tertiary/aromatic N) is 5. The maximum Gasteiger partial charge on any atom is 0.417 e. The number of amides is 1. The summed E-state index contributed by atoms with van der Waals surface area (Å²) in [4.78, 5) is 25.8. The zero-order valence-electron chi connectivity index (χ0n) is 12.9. The van der Waals surface area contributed by atoms with E-state index in [0.717, 1.165) is 6.07 Å². The Labute approximate surface area is 139 Å². The van der Waals surface area contributed by atoms with Crippen LogP contribution in [0.15, 0.2) is 12.3 Å². The van der Waals surface area contributed by atoms with E-state index in [1.807, 2.05) is 0 Å². The van der Waals surface area contributed by atoms with Gasteiger partial charge in [-0.15, -0.1) is 0 Å². The van der Waals surface area contributed by atoms with Gasteiger partial charge < -0.3 is 20.3 Å². The maximum absolute atomic E-state index is 12.8. The summed E-state index contributed by atoms with van der Waals surface area (Å²) < 4.78 is 38.3. The lowest BCUT2D eigenvalue weighted by atomic mass is 10.1. The molecule has 0 unspecified atom stereocenters. The Morgan fingerprint density at radius 1 is 1.44 bits per heavy atom. The molecule has 0 bridgehead atoms. The lowest BCUT2D eigenvalue weighted by Crippen LogP contribution is -2.60. The van der Waals surface area contributed by atoms with Crippen molar-refractivity contribution in [2.75, 3.05) is 30.5 Å². The predicted octanol–water partition coefficient (Wildman–Crippen LogP) is 1.13. The zero-order valence-corrected chi connectivity index (χ0v) is 12.9. The molecule has 12 heteroatoms. The molecule has 1 fully saturated rings. The van der Waals surface area contributed by atoms with Gasteiger partial charge in [-0.3, -0.25) is 0 Å². The standard InChI is InChI=1S/C13H14F3N7O2/c1-22(12(24)25)7-4-23(5-7)11-10(21-17)19-8-2-6(13(14,15)16)3-18-9(8)20-11/h2-3,7H,4-5,17H2,1H3,(H,19,21)(H,24,25). The number of halogens is 3. The first-order valence-electron chi connectivity index (χ1n) is 7.13. The molecule has 0 radical (unpaired) electrons. The lowest BCUT2D eigenvalue weighted by molar-refractivity contribution is -0.137. The van der Waals surface area contributed by atoms with Crippen molar-refractivity contribution in [2.45, 2.75) is 12.2 Å². The average molecular weight is 357 g/mol. The predicted molar refractivity (Wildman–Crippen MR) is 81.9 cm³/mol. The Balaban J connectivity index is 1.91. The molecule has 1 amide bonds. The van der Waals surface area contributed by atoms with Crippen molar-refractivity contribution in [2.24, 2.45) is 5.84 Å². The van der Waals surface area contributed by atoms with Crippen LogP contribution < -0.4 is 16.2 Å². The normalized spacial score (nSPS) is 15.2. The third-order valence-corrected chi connectivity index (χ3v) is 3.98. The van der Waals surface area contributed by atoms with Crippen molar-refractivity contribution in [3.63, 3.8) is 0 Å². The number of nitrogens with one attached hydrogen (secondary N) is 1. The van der Waals surface area contributed by atoms with Gasteiger partial charge in [0.15, 0.2) is 17.3 Å². The van der Waals surface area contributed by atoms with Crippen LogP contribution in [0.1, 0.15) is 5.56 Å². The number of aromatic nitrogens is 3. The summed E-state index contributed by atoms with van der Waals surface area (Å²) in [5.74, 6) is 5.79. The number of fused-ring (bicyclic) bond motifs is 1. The molecule has 1 saturated heterocycles. The fraction of sp³-hybridized carbons (Fsp3) is 0.385. The lowest BCUT2D eigenvalue weighted by Gasteiger charge is -2.43. The number of nitrogens with two attached hydrogens (primary N) is 1. The number of carbonyl (C=O) groups is 1. The van der Waals surface area contributed by atoms with Gasteiger partial charge in [0.05, 0.1) is 11.6 Å². The molecule has 134 valence electrons. The molecule has 1 aliphatic heterocycles. The van der Waals surface area contributed by atoms with E-state index in [1.165, 1.54) is 11.9 Å². The van der Waals surface area contributed by atoms with Gasteiger partial charge in [0.2, 0.25) is 0 Å². The third-order valence-electron chi connectivity index (χ3n) is 3.98. The van der Waals surface area contributed by atoms with Crippen LogP contribution in [0.25, 0.3) is 11.2 Å². The van der Waals surface area contributed by atoms with Gasteiger partial charge in [0.25, 0.3) is 0 Å². The van der Waals surface area contributed by atoms with Crippen LogP contribution in [0.5, 0.6) is 0 Å². The van der Waals surface area contributed by atoms with Crippen molar-refractivity contribution in [3.8, 4) is 0 Å². The molecule has 3 rings (SSSR count). The fourth-order valence-electron chi connectivity index (χ4n) is 2.44. The number of likely N-dealkylation sites (N-methyl/N-ethyl adjacent to an activating group) is 1. The van der Waals surface area contributed by atoms with Crippen molar-refractivity contribution >= 4 is 28.9 Å². The highest BCUT2D eigenvalue weighted by atomic mass is 19.4. The molecule has 0 aliphatic carbocycles. The van der Waals surface area contributed by atoms with E-state index >= 15 is 0 Å². The second kappa shape index (κ2) is 5.88. The Bertz CT molecular complexity index is 823. The zero-order chi connectivity index (χ0) is 18.4. The van der Waals surface area contributed by atoms with Gasteiger partial charge >= 0.3 is 12.3 Å². The van der Waals surface area contributed by atoms with Crippen LogP contribution in [0.2, 0.25) is 0 Å². The number of hydrazine groups is 1. The Hall–Kier alpha value is -2.89. The number of alkyl halides is 3. The molecule has 9 nitrogen and oxygen atoms in total. The van der Waals surface area contributed by atoms with E-state index in [4.69, 9.17) is 10.9 Å². The molecule has 0 saturated carbocycles. The summed E-state index contributed by atoms with van der Waals surface area (Å²) in [5.41, 5.74) is 1.36. The van der Waals surface area contributed by atoms with E-state index in [2.05, 4.69) is 20.4 Å². The van der Waals surface area contributed by atoms with Crippen LogP contribution in [-0.2, 0) is 6.18 Å². The summed E-state index contributed by atoms with van der Waals surface area (Å²) in [6.07, 6.45) is -4.90. The smallest absolute Gasteiger partial charge is 0.417 e. The molecule has 0 aromatic carbocycles. The quantitative estimate of drug-likeness (QED) is 0.552. The minimum Gasteiger partial charge on any atom is -0.465 e. The van der Waals surface area contributed by atoms with Crippen LogP contribution in [0.4, 0.5) is 29.6 Å². The number of pyridine rings is 1. The number of carboxylic acid groups (broad SMARTS) is 1. The largest absolute Gasteiger partial charge is 0.465 e. The van der Waals surface area contributed by atoms with Crippen LogP contribution in [-0.4, -0.2) is 57.2 Å². The SMILES string of the molecule is CN(C(=O)O)C1CN(c2nc3ncc(C(F)(F)F)cc3nc2NN)C1. The Morgan fingerprint density at radius 3 is 2.68 bits per heavy atom. The van der Waals surface area contributed by atoms with Crippen LogP contribution in [0.3, 0.4) is 0 Å². The molecular formula is C13H14F3N7O2. The fourth-order valence-corrected chi connectivity index (χ4v) is 2.44. The maximum atomic E-state index is 12.8. The van der Waals surface area contributed by atoms with Gasteiger partial charge in [0.1, 0.15) is 5.52 Å². The van der Waals surface area contributed by atoms with Crippen molar-refractivity contribution in [3.05, 3.63) is 17.8 Å². The number of hydrogen-bond donors (Lipinski definition) is 3. The van der Waals surface area contributed by atoms with Crippen molar-refractivity contribution in [1.29, 1.82) is 0 Å². The summed E-state index contributed by atoms with van der Waals surface area (Å²) in [6.45, 7) is 0.719. The second-order valence-electron chi connectivity index (χ2n) is 5.56. The van der Waals surface area contributed by atoms with Gasteiger partial charge in [-0.05, 0) is 6.07 Å². The van der Waals surface area contributed by atoms with Crippen molar-refractivity contribution in [1.82, 2.24) is 19.9 Å². The van der Waals surface area contributed by atoms with Crippen molar-refractivity contribution < 1.29 is 23.1 Å².